The number of nitrogens with one attached hydrogen (secondary N) is 1. The SMILES string of the molecule is Cc1ccc(NCc2sccc2Br)cc1C. The molecule has 0 atom stereocenters. The molecule has 0 saturated heterocycles. The van der Waals surface area contributed by atoms with E-state index in [1.54, 1.807) is 11.3 Å². The van der Waals surface area contributed by atoms with Crippen molar-refractivity contribution in [1.82, 2.24) is 0 Å². The van der Waals surface area contributed by atoms with E-state index >= 15 is 0 Å². The Morgan fingerprint density at radius 3 is 2.62 bits per heavy atom. The Morgan fingerprint density at radius 2 is 2.00 bits per heavy atom. The highest BCUT2D eigenvalue weighted by Crippen LogP contribution is 2.24. The average Bonchev–Trinajstić information content (AvgIpc) is 2.66. The van der Waals surface area contributed by atoms with E-state index in [9.17, 15) is 0 Å². The van der Waals surface area contributed by atoms with Gasteiger partial charge in [0.25, 0.3) is 0 Å². The molecule has 1 nitrogen and oxygen atoms in total. The van der Waals surface area contributed by atoms with E-state index < -0.39 is 0 Å². The molecule has 0 unspecified atom stereocenters. The molecule has 0 saturated carbocycles. The molecule has 0 radical (unpaired) electrons. The first-order valence-corrected chi connectivity index (χ1v) is 6.87. The zero-order valence-electron chi connectivity index (χ0n) is 9.38. The standard InChI is InChI=1S/C13H14BrNS/c1-9-3-4-11(7-10(9)2)15-8-13-12(14)5-6-16-13/h3-7,15H,8H2,1-2H3. The Kier molecular flexibility index (Phi) is 3.66. The van der Waals surface area contributed by atoms with Gasteiger partial charge in [-0.15, -0.1) is 11.3 Å². The van der Waals surface area contributed by atoms with Crippen LogP contribution in [0.5, 0.6) is 0 Å². The highest BCUT2D eigenvalue weighted by Gasteiger charge is 2.01. The summed E-state index contributed by atoms with van der Waals surface area (Å²) in [5.41, 5.74) is 3.85. The van der Waals surface area contributed by atoms with E-state index in [-0.39, 0.29) is 0 Å². The van der Waals surface area contributed by atoms with Gasteiger partial charge in [0.1, 0.15) is 0 Å². The molecule has 1 aromatic carbocycles. The van der Waals surface area contributed by atoms with Crippen molar-refractivity contribution in [3.05, 3.63) is 50.1 Å². The first-order valence-electron chi connectivity index (χ1n) is 5.20. The van der Waals surface area contributed by atoms with E-state index in [1.165, 1.54) is 26.2 Å². The number of hydrogen-bond acceptors (Lipinski definition) is 2. The number of hydrogen-bond donors (Lipinski definition) is 1. The zero-order valence-corrected chi connectivity index (χ0v) is 11.8. The summed E-state index contributed by atoms with van der Waals surface area (Å²) < 4.78 is 1.19. The molecule has 0 aliphatic carbocycles. The largest absolute Gasteiger partial charge is 0.380 e. The molecular weight excluding hydrogens is 282 g/mol. The van der Waals surface area contributed by atoms with Crippen molar-refractivity contribution < 1.29 is 0 Å². The fourth-order valence-corrected chi connectivity index (χ4v) is 2.92. The molecule has 0 aliphatic rings. The average molecular weight is 296 g/mol. The van der Waals surface area contributed by atoms with Crippen molar-refractivity contribution in [1.29, 1.82) is 0 Å². The van der Waals surface area contributed by atoms with Crippen LogP contribution in [0.4, 0.5) is 5.69 Å². The third kappa shape index (κ3) is 2.66. The fourth-order valence-electron chi connectivity index (χ4n) is 1.48. The Morgan fingerprint density at radius 1 is 1.19 bits per heavy atom. The van der Waals surface area contributed by atoms with Crippen molar-refractivity contribution in [2.24, 2.45) is 0 Å². The van der Waals surface area contributed by atoms with Crippen LogP contribution in [0.1, 0.15) is 16.0 Å². The van der Waals surface area contributed by atoms with E-state index in [1.807, 2.05) is 0 Å². The van der Waals surface area contributed by atoms with Gasteiger partial charge >= 0.3 is 0 Å². The summed E-state index contributed by atoms with van der Waals surface area (Å²) in [6.07, 6.45) is 0. The molecule has 0 spiro atoms. The molecule has 0 aliphatic heterocycles. The fraction of sp³-hybridized carbons (Fsp3) is 0.231. The first-order chi connectivity index (χ1) is 7.66. The maximum Gasteiger partial charge on any atom is 0.0505 e. The molecule has 1 heterocycles. The molecule has 16 heavy (non-hydrogen) atoms. The maximum absolute atomic E-state index is 3.54. The van der Waals surface area contributed by atoms with Gasteiger partial charge in [0.15, 0.2) is 0 Å². The van der Waals surface area contributed by atoms with Crippen molar-refractivity contribution in [3.63, 3.8) is 0 Å². The van der Waals surface area contributed by atoms with Crippen LogP contribution in [-0.2, 0) is 6.54 Å². The molecule has 3 heteroatoms. The molecule has 1 aromatic heterocycles. The van der Waals surface area contributed by atoms with Gasteiger partial charge in [-0.25, -0.2) is 0 Å². The van der Waals surface area contributed by atoms with Crippen LogP contribution in [0, 0.1) is 13.8 Å². The summed E-state index contributed by atoms with van der Waals surface area (Å²) in [5.74, 6) is 0. The number of anilines is 1. The van der Waals surface area contributed by atoms with Gasteiger partial charge in [0.05, 0.1) is 6.54 Å². The van der Waals surface area contributed by atoms with Gasteiger partial charge in [-0.3, -0.25) is 0 Å². The van der Waals surface area contributed by atoms with Crippen molar-refractivity contribution in [2.75, 3.05) is 5.32 Å². The molecule has 2 rings (SSSR count). The van der Waals surface area contributed by atoms with Gasteiger partial charge < -0.3 is 5.32 Å². The Bertz CT molecular complexity index is 490. The van der Waals surface area contributed by atoms with Gasteiger partial charge in [-0.2, -0.15) is 0 Å². The van der Waals surface area contributed by atoms with E-state index in [0.717, 1.165) is 6.54 Å². The minimum atomic E-state index is 0.876. The summed E-state index contributed by atoms with van der Waals surface area (Å²) in [6, 6.07) is 8.56. The summed E-state index contributed by atoms with van der Waals surface area (Å²) >= 11 is 5.30. The van der Waals surface area contributed by atoms with E-state index in [0.29, 0.717) is 0 Å². The zero-order chi connectivity index (χ0) is 11.5. The lowest BCUT2D eigenvalue weighted by Gasteiger charge is -2.08. The Balaban J connectivity index is 2.05. The van der Waals surface area contributed by atoms with Crippen LogP contribution in [0.2, 0.25) is 0 Å². The van der Waals surface area contributed by atoms with Crippen molar-refractivity contribution in [3.8, 4) is 0 Å². The predicted octanol–water partition coefficient (Wildman–Crippen LogP) is 4.74. The third-order valence-electron chi connectivity index (χ3n) is 2.65. The quantitative estimate of drug-likeness (QED) is 0.862. The highest BCUT2D eigenvalue weighted by molar-refractivity contribution is 9.10. The molecule has 84 valence electrons. The first kappa shape index (κ1) is 11.7. The number of benzene rings is 1. The van der Waals surface area contributed by atoms with E-state index in [4.69, 9.17) is 0 Å². The number of halogens is 1. The topological polar surface area (TPSA) is 12.0 Å². The Hall–Kier alpha value is -0.800. The van der Waals surface area contributed by atoms with Crippen molar-refractivity contribution >= 4 is 33.0 Å². The second kappa shape index (κ2) is 5.02. The van der Waals surface area contributed by atoms with Crippen molar-refractivity contribution in [2.45, 2.75) is 20.4 Å². The lowest BCUT2D eigenvalue weighted by atomic mass is 10.1. The van der Waals surface area contributed by atoms with Crippen LogP contribution < -0.4 is 5.32 Å². The highest BCUT2D eigenvalue weighted by atomic mass is 79.9. The molecule has 2 aromatic rings. The van der Waals surface area contributed by atoms with Crippen LogP contribution in [-0.4, -0.2) is 0 Å². The van der Waals surface area contributed by atoms with Crippen LogP contribution in [0.3, 0.4) is 0 Å². The summed E-state index contributed by atoms with van der Waals surface area (Å²) in [6.45, 7) is 5.15. The normalized spacial score (nSPS) is 10.4. The monoisotopic (exact) mass is 295 g/mol. The Labute approximate surface area is 109 Å². The molecule has 0 bridgehead atoms. The summed E-state index contributed by atoms with van der Waals surface area (Å²) in [4.78, 5) is 1.33. The smallest absolute Gasteiger partial charge is 0.0505 e. The minimum Gasteiger partial charge on any atom is -0.380 e. The maximum atomic E-state index is 3.54. The number of aryl methyl sites for hydroxylation is 2. The van der Waals surface area contributed by atoms with Gasteiger partial charge in [0.2, 0.25) is 0 Å². The minimum absolute atomic E-state index is 0.876. The molecular formula is C13H14BrNS. The van der Waals surface area contributed by atoms with Crippen LogP contribution in [0.15, 0.2) is 34.1 Å². The number of rotatable bonds is 3. The molecule has 0 amide bonds. The van der Waals surface area contributed by atoms with Gasteiger partial charge in [-0.1, -0.05) is 6.07 Å². The van der Waals surface area contributed by atoms with Crippen LogP contribution >= 0.6 is 27.3 Å². The lowest BCUT2D eigenvalue weighted by molar-refractivity contribution is 1.17. The molecule has 0 fully saturated rings. The van der Waals surface area contributed by atoms with Crippen LogP contribution in [0.25, 0.3) is 0 Å². The van der Waals surface area contributed by atoms with Gasteiger partial charge in [0, 0.05) is 15.0 Å². The second-order valence-electron chi connectivity index (χ2n) is 3.84. The summed E-state index contributed by atoms with van der Waals surface area (Å²) in [7, 11) is 0. The predicted molar refractivity (Wildman–Crippen MR) is 75.3 cm³/mol. The van der Waals surface area contributed by atoms with Gasteiger partial charge in [-0.05, 0) is 64.5 Å². The molecule has 1 N–H and O–H groups in total. The van der Waals surface area contributed by atoms with E-state index in [2.05, 4.69) is 64.7 Å². The lowest BCUT2D eigenvalue weighted by Crippen LogP contribution is -1.98. The number of thiophene rings is 1. The summed E-state index contributed by atoms with van der Waals surface area (Å²) in [5, 5.41) is 5.54. The third-order valence-corrected chi connectivity index (χ3v) is 4.58. The second-order valence-corrected chi connectivity index (χ2v) is 5.70.